The molecule has 1 unspecified atom stereocenters. The molecule has 0 amide bonds. The van der Waals surface area contributed by atoms with Crippen LogP contribution in [-0.2, 0) is 5.41 Å². The maximum absolute atomic E-state index is 6.59. The maximum Gasteiger partial charge on any atom is 0.0404 e. The molecule has 1 atom stereocenters. The minimum absolute atomic E-state index is 0.0294. The highest BCUT2D eigenvalue weighted by Crippen LogP contribution is 2.56. The highest BCUT2D eigenvalue weighted by atomic mass is 79.9. The topological polar surface area (TPSA) is 26.0 Å². The van der Waals surface area contributed by atoms with E-state index in [9.17, 15) is 0 Å². The van der Waals surface area contributed by atoms with Gasteiger partial charge in [0.1, 0.15) is 0 Å². The summed E-state index contributed by atoms with van der Waals surface area (Å²) in [5.74, 6) is 0. The fraction of sp³-hybridized carbons (Fsp3) is 0.250. The van der Waals surface area contributed by atoms with E-state index in [1.165, 1.54) is 11.1 Å². The Bertz CT molecular complexity index is 591. The largest absolute Gasteiger partial charge is 0.323 e. The van der Waals surface area contributed by atoms with Gasteiger partial charge in [0, 0.05) is 20.4 Å². The van der Waals surface area contributed by atoms with Gasteiger partial charge in [0.05, 0.1) is 0 Å². The molecule has 0 saturated heterocycles. The van der Waals surface area contributed by atoms with Crippen LogP contribution in [0.5, 0.6) is 0 Å². The molecular formula is C16H15Br2N. The van der Waals surface area contributed by atoms with Crippen molar-refractivity contribution in [1.29, 1.82) is 0 Å². The molecule has 1 nitrogen and oxygen atoms in total. The molecule has 2 N–H and O–H groups in total. The van der Waals surface area contributed by atoms with E-state index in [0.717, 1.165) is 21.8 Å². The molecule has 1 aliphatic carbocycles. The second kappa shape index (κ2) is 5.04. The fourth-order valence-electron chi connectivity index (χ4n) is 2.73. The van der Waals surface area contributed by atoms with Crippen LogP contribution in [0.2, 0.25) is 0 Å². The number of halogens is 2. The summed E-state index contributed by atoms with van der Waals surface area (Å²) in [6.45, 7) is 0. The lowest BCUT2D eigenvalue weighted by molar-refractivity contribution is 0.539. The summed E-state index contributed by atoms with van der Waals surface area (Å²) in [5.41, 5.74) is 9.23. The first-order valence-electron chi connectivity index (χ1n) is 6.39. The van der Waals surface area contributed by atoms with E-state index in [4.69, 9.17) is 5.73 Å². The highest BCUT2D eigenvalue weighted by Gasteiger charge is 2.50. The zero-order chi connectivity index (χ0) is 13.5. The minimum Gasteiger partial charge on any atom is -0.323 e. The number of hydrogen-bond donors (Lipinski definition) is 1. The third-order valence-corrected chi connectivity index (χ3v) is 5.24. The van der Waals surface area contributed by atoms with Crippen molar-refractivity contribution in [1.82, 2.24) is 0 Å². The minimum atomic E-state index is 0.0294. The number of hydrogen-bond acceptors (Lipinski definition) is 1. The lowest BCUT2D eigenvalue weighted by atomic mass is 9.84. The van der Waals surface area contributed by atoms with E-state index in [0.29, 0.717) is 0 Å². The zero-order valence-electron chi connectivity index (χ0n) is 10.4. The summed E-state index contributed by atoms with van der Waals surface area (Å²) in [6, 6.07) is 16.9. The molecule has 98 valence electrons. The Labute approximate surface area is 130 Å². The summed E-state index contributed by atoms with van der Waals surface area (Å²) in [5, 5.41) is 0. The Balaban J connectivity index is 2.00. The lowest BCUT2D eigenvalue weighted by Crippen LogP contribution is -2.26. The van der Waals surface area contributed by atoms with Crippen LogP contribution in [0, 0.1) is 0 Å². The quantitative estimate of drug-likeness (QED) is 0.801. The molecule has 2 aromatic rings. The third-order valence-electron chi connectivity index (χ3n) is 4.03. The SMILES string of the molecule is NC(c1cc(Br)ccc1Br)C1(c2ccccc2)CC1. The van der Waals surface area contributed by atoms with E-state index in [-0.39, 0.29) is 11.5 Å². The van der Waals surface area contributed by atoms with Crippen LogP contribution < -0.4 is 5.73 Å². The van der Waals surface area contributed by atoms with Gasteiger partial charge in [-0.15, -0.1) is 0 Å². The van der Waals surface area contributed by atoms with Gasteiger partial charge in [-0.2, -0.15) is 0 Å². The van der Waals surface area contributed by atoms with Gasteiger partial charge in [0.2, 0.25) is 0 Å². The van der Waals surface area contributed by atoms with Crippen LogP contribution in [0.3, 0.4) is 0 Å². The first-order valence-corrected chi connectivity index (χ1v) is 7.98. The van der Waals surface area contributed by atoms with Gasteiger partial charge >= 0.3 is 0 Å². The zero-order valence-corrected chi connectivity index (χ0v) is 13.6. The molecule has 0 heterocycles. The van der Waals surface area contributed by atoms with Crippen LogP contribution >= 0.6 is 31.9 Å². The fourth-order valence-corrected chi connectivity index (χ4v) is 3.61. The van der Waals surface area contributed by atoms with Crippen LogP contribution in [0.4, 0.5) is 0 Å². The highest BCUT2D eigenvalue weighted by molar-refractivity contribution is 9.11. The molecule has 1 saturated carbocycles. The van der Waals surface area contributed by atoms with Crippen molar-refractivity contribution >= 4 is 31.9 Å². The Morgan fingerprint density at radius 2 is 1.68 bits per heavy atom. The molecule has 0 radical (unpaired) electrons. The van der Waals surface area contributed by atoms with E-state index in [1.807, 2.05) is 6.07 Å². The van der Waals surface area contributed by atoms with Crippen molar-refractivity contribution in [3.05, 3.63) is 68.6 Å². The van der Waals surface area contributed by atoms with Gasteiger partial charge in [-0.1, -0.05) is 62.2 Å². The molecule has 0 bridgehead atoms. The number of rotatable bonds is 3. The van der Waals surface area contributed by atoms with E-state index in [1.54, 1.807) is 0 Å². The van der Waals surface area contributed by atoms with Crippen molar-refractivity contribution in [2.75, 3.05) is 0 Å². The van der Waals surface area contributed by atoms with Crippen LogP contribution in [0.15, 0.2) is 57.5 Å². The van der Waals surface area contributed by atoms with Gasteiger partial charge in [-0.3, -0.25) is 0 Å². The average molecular weight is 381 g/mol. The monoisotopic (exact) mass is 379 g/mol. The van der Waals surface area contributed by atoms with Gasteiger partial charge in [-0.05, 0) is 42.2 Å². The Morgan fingerprint density at radius 3 is 2.32 bits per heavy atom. The van der Waals surface area contributed by atoms with Crippen LogP contribution in [0.1, 0.15) is 30.0 Å². The predicted molar refractivity (Wildman–Crippen MR) is 86.1 cm³/mol. The first kappa shape index (κ1) is 13.3. The molecule has 1 fully saturated rings. The number of nitrogens with two attached hydrogens (primary N) is 1. The summed E-state index contributed by atoms with van der Waals surface area (Å²) < 4.78 is 2.16. The van der Waals surface area contributed by atoms with Gasteiger partial charge in [0.25, 0.3) is 0 Å². The second-order valence-corrected chi connectivity index (χ2v) is 6.94. The normalized spacial score (nSPS) is 18.1. The molecule has 3 heteroatoms. The van der Waals surface area contributed by atoms with Gasteiger partial charge in [0.15, 0.2) is 0 Å². The second-order valence-electron chi connectivity index (χ2n) is 5.17. The molecule has 0 aromatic heterocycles. The average Bonchev–Trinajstić information content (AvgIpc) is 3.23. The summed E-state index contributed by atoms with van der Waals surface area (Å²) in [6.07, 6.45) is 2.33. The number of benzene rings is 2. The lowest BCUT2D eigenvalue weighted by Gasteiger charge is -2.25. The third kappa shape index (κ3) is 2.39. The van der Waals surface area contributed by atoms with E-state index >= 15 is 0 Å². The van der Waals surface area contributed by atoms with Crippen LogP contribution in [0.25, 0.3) is 0 Å². The van der Waals surface area contributed by atoms with Gasteiger partial charge in [-0.25, -0.2) is 0 Å². The van der Waals surface area contributed by atoms with Gasteiger partial charge < -0.3 is 5.73 Å². The summed E-state index contributed by atoms with van der Waals surface area (Å²) in [4.78, 5) is 0. The van der Waals surface area contributed by atoms with Crippen molar-refractivity contribution in [3.8, 4) is 0 Å². The van der Waals surface area contributed by atoms with Crippen molar-refractivity contribution in [3.63, 3.8) is 0 Å². The maximum atomic E-state index is 6.59. The first-order chi connectivity index (χ1) is 9.13. The smallest absolute Gasteiger partial charge is 0.0404 e. The molecule has 1 aliphatic rings. The molecule has 0 spiro atoms. The van der Waals surface area contributed by atoms with Crippen molar-refractivity contribution in [2.24, 2.45) is 5.73 Å². The molecule has 0 aliphatic heterocycles. The Morgan fingerprint density at radius 1 is 1.00 bits per heavy atom. The molecule has 3 rings (SSSR count). The Kier molecular flexibility index (Phi) is 3.54. The van der Waals surface area contributed by atoms with E-state index in [2.05, 4.69) is 74.3 Å². The Hall–Kier alpha value is -0.640. The molecule has 19 heavy (non-hydrogen) atoms. The van der Waals surface area contributed by atoms with E-state index < -0.39 is 0 Å². The standard InChI is InChI=1S/C16H15Br2N/c17-12-6-7-14(18)13(10-12)15(19)16(8-9-16)11-4-2-1-3-5-11/h1-7,10,15H,8-9,19H2. The predicted octanol–water partition coefficient (Wildman–Crippen LogP) is 4.94. The molecule has 2 aromatic carbocycles. The summed E-state index contributed by atoms with van der Waals surface area (Å²) >= 11 is 7.15. The van der Waals surface area contributed by atoms with Crippen molar-refractivity contribution < 1.29 is 0 Å². The molecular weight excluding hydrogens is 366 g/mol. The summed E-state index contributed by atoms with van der Waals surface area (Å²) in [7, 11) is 0. The van der Waals surface area contributed by atoms with Crippen LogP contribution in [-0.4, -0.2) is 0 Å². The van der Waals surface area contributed by atoms with Crippen molar-refractivity contribution in [2.45, 2.75) is 24.3 Å².